The van der Waals surface area contributed by atoms with Gasteiger partial charge in [0.1, 0.15) is 0 Å². The summed E-state index contributed by atoms with van der Waals surface area (Å²) < 4.78 is 0. The number of aryl methyl sites for hydroxylation is 1. The number of carboxylic acids is 1. The van der Waals surface area contributed by atoms with Crippen molar-refractivity contribution >= 4 is 23.2 Å². The van der Waals surface area contributed by atoms with Crippen molar-refractivity contribution in [2.24, 2.45) is 0 Å². The lowest BCUT2D eigenvalue weighted by molar-refractivity contribution is -0.137. The molecule has 0 aliphatic carbocycles. The van der Waals surface area contributed by atoms with Gasteiger partial charge in [0.15, 0.2) is 0 Å². The van der Waals surface area contributed by atoms with Crippen LogP contribution in [-0.4, -0.2) is 45.7 Å². The first-order valence-electron chi connectivity index (χ1n) is 10.1. The zero-order valence-electron chi connectivity index (χ0n) is 16.5. The third-order valence-electron chi connectivity index (χ3n) is 5.01. The van der Waals surface area contributed by atoms with Gasteiger partial charge in [0.25, 0.3) is 0 Å². The molecular weight excluding hydrogens is 374 g/mol. The quantitative estimate of drug-likeness (QED) is 0.431. The van der Waals surface area contributed by atoms with Gasteiger partial charge in [0.05, 0.1) is 12.1 Å². The van der Waals surface area contributed by atoms with Crippen LogP contribution in [-0.2, 0) is 22.4 Å². The summed E-state index contributed by atoms with van der Waals surface area (Å²) in [7, 11) is 0. The van der Waals surface area contributed by atoms with Crippen LogP contribution in [0.4, 0.5) is 0 Å². The Kier molecular flexibility index (Phi) is 9.44. The Labute approximate surface area is 171 Å². The van der Waals surface area contributed by atoms with Crippen molar-refractivity contribution in [1.82, 2.24) is 4.90 Å². The molecule has 154 valence electrons. The number of allylic oxidation sites excluding steroid dienone is 1. The second-order valence-electron chi connectivity index (χ2n) is 7.14. The summed E-state index contributed by atoms with van der Waals surface area (Å²) in [4.78, 5) is 25.9. The lowest BCUT2D eigenvalue weighted by atomic mass is 10.00. The van der Waals surface area contributed by atoms with Gasteiger partial charge in [-0.1, -0.05) is 31.2 Å². The fourth-order valence-corrected chi connectivity index (χ4v) is 4.46. The van der Waals surface area contributed by atoms with E-state index in [1.165, 1.54) is 10.4 Å². The molecule has 2 heterocycles. The third kappa shape index (κ3) is 7.24. The van der Waals surface area contributed by atoms with Crippen molar-refractivity contribution < 1.29 is 19.8 Å². The molecule has 28 heavy (non-hydrogen) atoms. The van der Waals surface area contributed by atoms with E-state index in [1.54, 1.807) is 11.3 Å². The fraction of sp³-hybridized carbons (Fsp3) is 0.545. The number of likely N-dealkylation sites (tertiary alicyclic amines) is 1. The van der Waals surface area contributed by atoms with E-state index in [-0.39, 0.29) is 18.4 Å². The predicted octanol–water partition coefficient (Wildman–Crippen LogP) is 3.96. The van der Waals surface area contributed by atoms with Gasteiger partial charge in [-0.2, -0.15) is 0 Å². The zero-order valence-corrected chi connectivity index (χ0v) is 17.4. The number of piperidine rings is 1. The highest BCUT2D eigenvalue weighted by molar-refractivity contribution is 7.10. The molecule has 6 heteroatoms. The van der Waals surface area contributed by atoms with Crippen LogP contribution < -0.4 is 0 Å². The number of aliphatic hydroxyl groups excluding tert-OH is 1. The molecule has 0 spiro atoms. The van der Waals surface area contributed by atoms with Gasteiger partial charge in [0.2, 0.25) is 5.91 Å². The molecule has 0 radical (unpaired) electrons. The van der Waals surface area contributed by atoms with E-state index < -0.39 is 12.1 Å². The zero-order chi connectivity index (χ0) is 20.4. The number of carbonyl (C=O) groups is 2. The second-order valence-corrected chi connectivity index (χ2v) is 8.14. The van der Waals surface area contributed by atoms with Crippen LogP contribution in [0.3, 0.4) is 0 Å². The number of carboxylic acid groups (broad SMARTS) is 1. The largest absolute Gasteiger partial charge is 0.481 e. The molecule has 1 unspecified atom stereocenters. The van der Waals surface area contributed by atoms with Crippen LogP contribution in [0.2, 0.25) is 0 Å². The van der Waals surface area contributed by atoms with Crippen LogP contribution in [0.5, 0.6) is 0 Å². The minimum atomic E-state index is -0.781. The van der Waals surface area contributed by atoms with Crippen LogP contribution in [0.25, 0.3) is 0 Å². The van der Waals surface area contributed by atoms with Crippen LogP contribution >= 0.6 is 11.3 Å². The molecule has 1 aliphatic rings. The molecule has 0 bridgehead atoms. The number of hydrogen-bond donors (Lipinski definition) is 2. The summed E-state index contributed by atoms with van der Waals surface area (Å²) in [6.45, 7) is 2.65. The van der Waals surface area contributed by atoms with Crippen LogP contribution in [0, 0.1) is 0 Å². The topological polar surface area (TPSA) is 77.8 Å². The molecule has 2 atom stereocenters. The van der Waals surface area contributed by atoms with Crippen molar-refractivity contribution in [3.05, 3.63) is 46.2 Å². The molecule has 0 aromatic carbocycles. The number of unbranched alkanes of at least 4 members (excludes halogenated alkanes) is 1. The van der Waals surface area contributed by atoms with Crippen molar-refractivity contribution in [2.45, 2.75) is 70.4 Å². The Hall–Kier alpha value is -1.92. The van der Waals surface area contributed by atoms with Gasteiger partial charge in [-0.05, 0) is 49.1 Å². The van der Waals surface area contributed by atoms with E-state index in [1.807, 2.05) is 29.2 Å². The van der Waals surface area contributed by atoms with Crippen LogP contribution in [0.1, 0.15) is 55.9 Å². The highest BCUT2D eigenvalue weighted by Crippen LogP contribution is 2.22. The Morgan fingerprint density at radius 3 is 3.00 bits per heavy atom. The monoisotopic (exact) mass is 405 g/mol. The number of thiophene rings is 1. The average Bonchev–Trinajstić information content (AvgIpc) is 3.11. The Morgan fingerprint density at radius 2 is 2.25 bits per heavy atom. The normalized spacial score (nSPS) is 19.0. The summed E-state index contributed by atoms with van der Waals surface area (Å²) in [5.74, 6) is -0.644. The number of carbonyl (C=O) groups excluding carboxylic acids is 1. The minimum absolute atomic E-state index is 0.00792. The molecule has 5 nitrogen and oxygen atoms in total. The first-order valence-corrected chi connectivity index (χ1v) is 11.0. The minimum Gasteiger partial charge on any atom is -0.481 e. The molecule has 1 amide bonds. The van der Waals surface area contributed by atoms with E-state index in [4.69, 9.17) is 5.11 Å². The molecule has 2 N–H and O–H groups in total. The molecule has 0 saturated carbocycles. The van der Waals surface area contributed by atoms with E-state index in [0.29, 0.717) is 32.2 Å². The van der Waals surface area contributed by atoms with Gasteiger partial charge in [-0.15, -0.1) is 11.3 Å². The van der Waals surface area contributed by atoms with E-state index in [2.05, 4.69) is 18.4 Å². The Bertz CT molecular complexity index is 694. The highest BCUT2D eigenvalue weighted by atomic mass is 32.1. The summed E-state index contributed by atoms with van der Waals surface area (Å²) in [6, 6.07) is 2.12. The second kappa shape index (κ2) is 11.8. The smallest absolute Gasteiger partial charge is 0.303 e. The van der Waals surface area contributed by atoms with E-state index in [0.717, 1.165) is 19.3 Å². The molecule has 1 aromatic rings. The standard InChI is InChI=1S/C22H31NO4S/c1-2-17-13-15-28-20(17)16-19(24)12-11-18-8-7-9-21(25)23(18)14-6-4-3-5-10-22(26)27/h4,6,11-13,15,18-19,24H,2-3,5,7-10,14,16H2,1H3,(H,26,27)/b6-4-,12-11+/t18-,19?/m1/s1. The summed E-state index contributed by atoms with van der Waals surface area (Å²) in [5.41, 5.74) is 1.29. The SMILES string of the molecule is CCc1ccsc1CC(O)/C=C/[C@H]1CCCC(=O)N1C/C=C\CCCC(=O)O. The Balaban J connectivity index is 1.88. The number of amides is 1. The number of hydrogen-bond acceptors (Lipinski definition) is 4. The lowest BCUT2D eigenvalue weighted by Crippen LogP contribution is -2.42. The molecule has 2 rings (SSSR count). The highest BCUT2D eigenvalue weighted by Gasteiger charge is 2.25. The van der Waals surface area contributed by atoms with Crippen molar-refractivity contribution in [3.8, 4) is 0 Å². The molecule has 1 aliphatic heterocycles. The van der Waals surface area contributed by atoms with E-state index in [9.17, 15) is 14.7 Å². The van der Waals surface area contributed by atoms with E-state index >= 15 is 0 Å². The summed E-state index contributed by atoms with van der Waals surface area (Å²) >= 11 is 1.68. The lowest BCUT2D eigenvalue weighted by Gasteiger charge is -2.33. The predicted molar refractivity (Wildman–Crippen MR) is 113 cm³/mol. The fourth-order valence-electron chi connectivity index (χ4n) is 3.44. The average molecular weight is 406 g/mol. The maximum atomic E-state index is 12.3. The van der Waals surface area contributed by atoms with Gasteiger partial charge in [-0.25, -0.2) is 0 Å². The maximum absolute atomic E-state index is 12.3. The number of nitrogens with zero attached hydrogens (tertiary/aromatic N) is 1. The first-order chi connectivity index (χ1) is 13.5. The molecule has 1 fully saturated rings. The van der Waals surface area contributed by atoms with Gasteiger partial charge in [0, 0.05) is 30.7 Å². The molecular formula is C22H31NO4S. The van der Waals surface area contributed by atoms with Crippen molar-refractivity contribution in [1.29, 1.82) is 0 Å². The third-order valence-corrected chi connectivity index (χ3v) is 6.00. The van der Waals surface area contributed by atoms with Gasteiger partial charge < -0.3 is 15.1 Å². The molecule has 1 saturated heterocycles. The number of aliphatic carboxylic acids is 1. The van der Waals surface area contributed by atoms with Gasteiger partial charge >= 0.3 is 5.97 Å². The van der Waals surface area contributed by atoms with Crippen molar-refractivity contribution in [3.63, 3.8) is 0 Å². The first kappa shape index (κ1) is 22.4. The molecule has 1 aromatic heterocycles. The maximum Gasteiger partial charge on any atom is 0.303 e. The van der Waals surface area contributed by atoms with Crippen molar-refractivity contribution in [2.75, 3.05) is 6.54 Å². The van der Waals surface area contributed by atoms with Gasteiger partial charge in [-0.3, -0.25) is 9.59 Å². The van der Waals surface area contributed by atoms with Crippen LogP contribution in [0.15, 0.2) is 35.8 Å². The number of rotatable bonds is 11. The summed E-state index contributed by atoms with van der Waals surface area (Å²) in [5, 5.41) is 21.1. The number of aliphatic hydroxyl groups is 1. The Morgan fingerprint density at radius 1 is 1.43 bits per heavy atom. The summed E-state index contributed by atoms with van der Waals surface area (Å²) in [6.07, 6.45) is 12.5.